The Morgan fingerprint density at radius 1 is 0.714 bits per heavy atom. The van der Waals surface area contributed by atoms with Gasteiger partial charge in [-0.1, -0.05) is 98.5 Å². The van der Waals surface area contributed by atoms with Gasteiger partial charge >= 0.3 is 0 Å². The van der Waals surface area contributed by atoms with Crippen LogP contribution >= 0.6 is 0 Å². The summed E-state index contributed by atoms with van der Waals surface area (Å²) in [6, 6.07) is 31.5. The smallest absolute Gasteiger partial charge is 0.114 e. The zero-order chi connectivity index (χ0) is 23.5. The summed E-state index contributed by atoms with van der Waals surface area (Å²) in [6.07, 6.45) is 11.3. The number of likely N-dealkylation sites (tertiary alicyclic amines) is 1. The number of benzene rings is 3. The van der Waals surface area contributed by atoms with Crippen molar-refractivity contribution < 1.29 is 0 Å². The molecule has 4 aromatic rings. The van der Waals surface area contributed by atoms with E-state index < -0.39 is 0 Å². The van der Waals surface area contributed by atoms with Crippen molar-refractivity contribution in [3.63, 3.8) is 0 Å². The molecule has 1 saturated heterocycles. The van der Waals surface area contributed by atoms with Crippen LogP contribution in [0.1, 0.15) is 74.4 Å². The second-order valence-electron chi connectivity index (χ2n) is 10.6. The number of hydrogen-bond donors (Lipinski definition) is 0. The van der Waals surface area contributed by atoms with Gasteiger partial charge in [-0.25, -0.2) is 4.98 Å². The van der Waals surface area contributed by atoms with E-state index in [1.807, 2.05) is 0 Å². The lowest BCUT2D eigenvalue weighted by atomic mass is 9.79. The Morgan fingerprint density at radius 2 is 1.34 bits per heavy atom. The highest BCUT2D eigenvalue weighted by molar-refractivity contribution is 5.76. The average molecular weight is 464 g/mol. The number of nitrogens with zero attached hydrogens (tertiary/aromatic N) is 3. The highest BCUT2D eigenvalue weighted by Gasteiger charge is 2.40. The quantitative estimate of drug-likeness (QED) is 0.286. The Morgan fingerprint density at radius 3 is 2.06 bits per heavy atom. The molecule has 1 saturated carbocycles. The molecule has 0 unspecified atom stereocenters. The highest BCUT2D eigenvalue weighted by Crippen LogP contribution is 2.44. The van der Waals surface area contributed by atoms with Gasteiger partial charge < -0.3 is 4.57 Å². The predicted molar refractivity (Wildman–Crippen MR) is 145 cm³/mol. The van der Waals surface area contributed by atoms with E-state index in [-0.39, 0.29) is 5.54 Å². The number of imidazole rings is 1. The SMILES string of the molecule is c1ccc(Cc2nc3ccccc3n2C2CCN(C3(c4ccccc4)CCCCCC3)CC2)cc1. The van der Waals surface area contributed by atoms with Crippen LogP contribution in [0, 0.1) is 0 Å². The molecule has 3 nitrogen and oxygen atoms in total. The summed E-state index contributed by atoms with van der Waals surface area (Å²) < 4.78 is 2.59. The minimum atomic E-state index is 0.215. The van der Waals surface area contributed by atoms with Crippen molar-refractivity contribution in [3.05, 3.63) is 102 Å². The third kappa shape index (κ3) is 4.43. The molecule has 0 atom stereocenters. The molecule has 1 aliphatic heterocycles. The third-order valence-corrected chi connectivity index (χ3v) is 8.55. The molecule has 6 rings (SSSR count). The van der Waals surface area contributed by atoms with Gasteiger partial charge in [-0.15, -0.1) is 0 Å². The average Bonchev–Trinajstić information content (AvgIpc) is 3.09. The summed E-state index contributed by atoms with van der Waals surface area (Å²) in [6.45, 7) is 2.33. The van der Waals surface area contributed by atoms with Crippen LogP contribution in [0.4, 0.5) is 0 Å². The molecule has 0 bridgehead atoms. The highest BCUT2D eigenvalue weighted by atomic mass is 15.2. The topological polar surface area (TPSA) is 21.1 Å². The fourth-order valence-electron chi connectivity index (χ4n) is 6.81. The lowest BCUT2D eigenvalue weighted by Crippen LogP contribution is -2.50. The summed E-state index contributed by atoms with van der Waals surface area (Å²) >= 11 is 0. The van der Waals surface area contributed by atoms with Crippen molar-refractivity contribution in [1.29, 1.82) is 0 Å². The fourth-order valence-corrected chi connectivity index (χ4v) is 6.81. The van der Waals surface area contributed by atoms with Crippen LogP contribution in [0.5, 0.6) is 0 Å². The van der Waals surface area contributed by atoms with Gasteiger partial charge in [0.1, 0.15) is 5.82 Å². The third-order valence-electron chi connectivity index (χ3n) is 8.55. The van der Waals surface area contributed by atoms with E-state index in [9.17, 15) is 0 Å². The first kappa shape index (κ1) is 22.5. The first-order chi connectivity index (χ1) is 17.3. The molecule has 1 aliphatic carbocycles. The van der Waals surface area contributed by atoms with Crippen molar-refractivity contribution in [2.75, 3.05) is 13.1 Å². The molecule has 1 aromatic heterocycles. The molecule has 2 heterocycles. The fraction of sp³-hybridized carbons (Fsp3) is 0.406. The van der Waals surface area contributed by atoms with Crippen LogP contribution in [0.25, 0.3) is 11.0 Å². The van der Waals surface area contributed by atoms with Crippen LogP contribution in [-0.2, 0) is 12.0 Å². The molecule has 0 spiro atoms. The molecule has 2 fully saturated rings. The zero-order valence-corrected chi connectivity index (χ0v) is 20.8. The van der Waals surface area contributed by atoms with E-state index in [0.29, 0.717) is 6.04 Å². The maximum absolute atomic E-state index is 5.12. The number of piperidine rings is 1. The minimum Gasteiger partial charge on any atom is -0.324 e. The summed E-state index contributed by atoms with van der Waals surface area (Å²) in [5, 5.41) is 0. The monoisotopic (exact) mass is 463 g/mol. The molecule has 180 valence electrons. The van der Waals surface area contributed by atoms with Crippen molar-refractivity contribution in [1.82, 2.24) is 14.5 Å². The number of hydrogen-bond acceptors (Lipinski definition) is 2. The first-order valence-electron chi connectivity index (χ1n) is 13.6. The summed E-state index contributed by atoms with van der Waals surface area (Å²) in [5.74, 6) is 1.21. The Hall–Kier alpha value is -2.91. The standard InChI is InChI=1S/C32H37N3/c1-2-12-22-32(21-11-1,27-15-7-4-8-16-27)34-23-19-28(20-24-34)35-30-18-10-9-17-29(30)33-31(35)25-26-13-5-3-6-14-26/h3-10,13-18,28H,1-2,11-12,19-25H2. The zero-order valence-electron chi connectivity index (χ0n) is 20.8. The Labute approximate surface area is 209 Å². The maximum Gasteiger partial charge on any atom is 0.114 e. The molecular formula is C32H37N3. The largest absolute Gasteiger partial charge is 0.324 e. The molecule has 2 aliphatic rings. The number of para-hydroxylation sites is 2. The minimum absolute atomic E-state index is 0.215. The normalized spacial score (nSPS) is 19.5. The number of fused-ring (bicyclic) bond motifs is 1. The van der Waals surface area contributed by atoms with Gasteiger partial charge in [0.05, 0.1) is 11.0 Å². The van der Waals surface area contributed by atoms with E-state index in [1.165, 1.54) is 73.8 Å². The van der Waals surface area contributed by atoms with Gasteiger partial charge in [-0.2, -0.15) is 0 Å². The van der Waals surface area contributed by atoms with Gasteiger partial charge in [0, 0.05) is 31.1 Å². The molecule has 3 heteroatoms. The van der Waals surface area contributed by atoms with E-state index in [0.717, 1.165) is 25.0 Å². The van der Waals surface area contributed by atoms with Gasteiger partial charge in [0.2, 0.25) is 0 Å². The van der Waals surface area contributed by atoms with Crippen LogP contribution in [0.2, 0.25) is 0 Å². The summed E-state index contributed by atoms with van der Waals surface area (Å²) in [5.41, 5.74) is 5.52. The van der Waals surface area contributed by atoms with Gasteiger partial charge in [-0.05, 0) is 48.9 Å². The molecule has 0 radical (unpaired) electrons. The second-order valence-corrected chi connectivity index (χ2v) is 10.6. The van der Waals surface area contributed by atoms with E-state index in [1.54, 1.807) is 0 Å². The first-order valence-corrected chi connectivity index (χ1v) is 13.6. The van der Waals surface area contributed by atoms with Crippen LogP contribution in [0.3, 0.4) is 0 Å². The molecule has 35 heavy (non-hydrogen) atoms. The Balaban J connectivity index is 1.29. The summed E-state index contributed by atoms with van der Waals surface area (Å²) in [4.78, 5) is 7.98. The van der Waals surface area contributed by atoms with E-state index in [2.05, 4.69) is 94.4 Å². The second kappa shape index (κ2) is 9.99. The van der Waals surface area contributed by atoms with Crippen molar-refractivity contribution >= 4 is 11.0 Å². The van der Waals surface area contributed by atoms with Gasteiger partial charge in [0.25, 0.3) is 0 Å². The lowest BCUT2D eigenvalue weighted by Gasteiger charge is -2.48. The Kier molecular flexibility index (Phi) is 6.43. The van der Waals surface area contributed by atoms with Crippen molar-refractivity contribution in [2.24, 2.45) is 0 Å². The lowest BCUT2D eigenvalue weighted by molar-refractivity contribution is 0.0356. The maximum atomic E-state index is 5.12. The van der Waals surface area contributed by atoms with Crippen LogP contribution < -0.4 is 0 Å². The van der Waals surface area contributed by atoms with Gasteiger partial charge in [-0.3, -0.25) is 4.90 Å². The van der Waals surface area contributed by atoms with Crippen molar-refractivity contribution in [3.8, 4) is 0 Å². The molecule has 0 N–H and O–H groups in total. The van der Waals surface area contributed by atoms with E-state index in [4.69, 9.17) is 4.98 Å². The number of aromatic nitrogens is 2. The molecular weight excluding hydrogens is 426 g/mol. The Bertz CT molecular complexity index is 1230. The van der Waals surface area contributed by atoms with Crippen molar-refractivity contribution in [2.45, 2.75) is 69.4 Å². The molecule has 0 amide bonds. The predicted octanol–water partition coefficient (Wildman–Crippen LogP) is 7.51. The number of rotatable bonds is 5. The summed E-state index contributed by atoms with van der Waals surface area (Å²) in [7, 11) is 0. The van der Waals surface area contributed by atoms with Gasteiger partial charge in [0.15, 0.2) is 0 Å². The van der Waals surface area contributed by atoms with Crippen LogP contribution in [-0.4, -0.2) is 27.5 Å². The van der Waals surface area contributed by atoms with Crippen LogP contribution in [0.15, 0.2) is 84.9 Å². The molecule has 3 aromatic carbocycles. The van der Waals surface area contributed by atoms with E-state index >= 15 is 0 Å².